The van der Waals surface area contributed by atoms with E-state index in [1.54, 1.807) is 7.11 Å². The molecule has 1 aromatic rings. The van der Waals surface area contributed by atoms with Gasteiger partial charge in [0.15, 0.2) is 0 Å². The standard InChI is InChI=1S/C16H27N3O2/c1-4-10-18-16(15(17)20,13-19(2)11-12-21-3)14-8-6-5-7-9-14/h5-9,18H,4,10-13H2,1-3H3,(H2,17,20). The molecule has 0 aromatic heterocycles. The van der Waals surface area contributed by atoms with Crippen molar-refractivity contribution in [1.29, 1.82) is 0 Å². The summed E-state index contributed by atoms with van der Waals surface area (Å²) in [7, 11) is 3.63. The molecule has 0 radical (unpaired) electrons. The Morgan fingerprint density at radius 2 is 2.05 bits per heavy atom. The van der Waals surface area contributed by atoms with E-state index in [4.69, 9.17) is 10.5 Å². The highest BCUT2D eigenvalue weighted by atomic mass is 16.5. The number of hydrogen-bond acceptors (Lipinski definition) is 4. The van der Waals surface area contributed by atoms with Crippen molar-refractivity contribution >= 4 is 5.91 Å². The zero-order valence-electron chi connectivity index (χ0n) is 13.3. The first-order chi connectivity index (χ1) is 10.1. The number of nitrogens with one attached hydrogen (secondary N) is 1. The van der Waals surface area contributed by atoms with Gasteiger partial charge in [-0.05, 0) is 25.6 Å². The van der Waals surface area contributed by atoms with Crippen LogP contribution < -0.4 is 11.1 Å². The highest BCUT2D eigenvalue weighted by Gasteiger charge is 2.38. The van der Waals surface area contributed by atoms with E-state index >= 15 is 0 Å². The summed E-state index contributed by atoms with van der Waals surface area (Å²) in [6, 6.07) is 9.67. The van der Waals surface area contributed by atoms with E-state index in [1.807, 2.05) is 37.4 Å². The Hall–Kier alpha value is -1.43. The lowest BCUT2D eigenvalue weighted by atomic mass is 9.88. The van der Waals surface area contributed by atoms with Crippen LogP contribution >= 0.6 is 0 Å². The summed E-state index contributed by atoms with van der Waals surface area (Å²) in [4.78, 5) is 14.3. The topological polar surface area (TPSA) is 67.6 Å². The molecule has 1 rings (SSSR count). The maximum absolute atomic E-state index is 12.2. The average molecular weight is 293 g/mol. The molecule has 5 heteroatoms. The molecule has 1 aromatic carbocycles. The van der Waals surface area contributed by atoms with Gasteiger partial charge in [-0.2, -0.15) is 0 Å². The van der Waals surface area contributed by atoms with Crippen molar-refractivity contribution in [2.24, 2.45) is 5.73 Å². The summed E-state index contributed by atoms with van der Waals surface area (Å²) >= 11 is 0. The molecule has 0 spiro atoms. The van der Waals surface area contributed by atoms with Gasteiger partial charge in [0.25, 0.3) is 0 Å². The number of rotatable bonds is 10. The number of amides is 1. The van der Waals surface area contributed by atoms with Crippen LogP contribution in [0.5, 0.6) is 0 Å². The van der Waals surface area contributed by atoms with Gasteiger partial charge in [-0.15, -0.1) is 0 Å². The molecule has 0 heterocycles. The number of benzene rings is 1. The summed E-state index contributed by atoms with van der Waals surface area (Å²) in [5.41, 5.74) is 5.79. The van der Waals surface area contributed by atoms with Crippen LogP contribution in [0.2, 0.25) is 0 Å². The van der Waals surface area contributed by atoms with Crippen LogP contribution in [0.3, 0.4) is 0 Å². The average Bonchev–Trinajstić information content (AvgIpc) is 2.50. The van der Waals surface area contributed by atoms with Gasteiger partial charge in [0.05, 0.1) is 6.61 Å². The third-order valence-corrected chi connectivity index (χ3v) is 3.55. The van der Waals surface area contributed by atoms with Crippen LogP contribution in [0.15, 0.2) is 30.3 Å². The fraction of sp³-hybridized carbons (Fsp3) is 0.562. The lowest BCUT2D eigenvalue weighted by molar-refractivity contribution is -0.125. The van der Waals surface area contributed by atoms with E-state index in [2.05, 4.69) is 17.1 Å². The quantitative estimate of drug-likeness (QED) is 0.674. The van der Waals surface area contributed by atoms with E-state index in [0.29, 0.717) is 13.2 Å². The van der Waals surface area contributed by atoms with E-state index in [0.717, 1.165) is 25.1 Å². The molecule has 0 aliphatic carbocycles. The van der Waals surface area contributed by atoms with E-state index in [1.165, 1.54) is 0 Å². The first-order valence-corrected chi connectivity index (χ1v) is 7.34. The Morgan fingerprint density at radius 1 is 1.38 bits per heavy atom. The number of hydrogen-bond donors (Lipinski definition) is 2. The van der Waals surface area contributed by atoms with Gasteiger partial charge in [-0.25, -0.2) is 0 Å². The lowest BCUT2D eigenvalue weighted by Gasteiger charge is -2.36. The summed E-state index contributed by atoms with van der Waals surface area (Å²) in [5.74, 6) is -0.355. The van der Waals surface area contributed by atoms with Crippen molar-refractivity contribution in [2.75, 3.05) is 40.4 Å². The van der Waals surface area contributed by atoms with E-state index in [-0.39, 0.29) is 5.91 Å². The fourth-order valence-corrected chi connectivity index (χ4v) is 2.35. The number of methoxy groups -OCH3 is 1. The van der Waals surface area contributed by atoms with Crippen LogP contribution in [-0.4, -0.2) is 51.2 Å². The van der Waals surface area contributed by atoms with Gasteiger partial charge >= 0.3 is 0 Å². The van der Waals surface area contributed by atoms with Crippen LogP contribution in [0, 0.1) is 0 Å². The van der Waals surface area contributed by atoms with E-state index in [9.17, 15) is 4.79 Å². The maximum atomic E-state index is 12.2. The van der Waals surface area contributed by atoms with Crippen LogP contribution in [0.1, 0.15) is 18.9 Å². The van der Waals surface area contributed by atoms with E-state index < -0.39 is 5.54 Å². The number of carbonyl (C=O) groups excluding carboxylic acids is 1. The highest BCUT2D eigenvalue weighted by molar-refractivity contribution is 5.86. The van der Waals surface area contributed by atoms with Crippen molar-refractivity contribution in [3.8, 4) is 0 Å². The molecule has 0 aliphatic rings. The van der Waals surface area contributed by atoms with Crippen molar-refractivity contribution in [3.05, 3.63) is 35.9 Å². The minimum Gasteiger partial charge on any atom is -0.383 e. The second kappa shape index (κ2) is 8.77. The van der Waals surface area contributed by atoms with Crippen molar-refractivity contribution in [3.63, 3.8) is 0 Å². The maximum Gasteiger partial charge on any atom is 0.243 e. The SMILES string of the molecule is CCCNC(CN(C)CCOC)(C(N)=O)c1ccccc1. The third-order valence-electron chi connectivity index (χ3n) is 3.55. The first-order valence-electron chi connectivity index (χ1n) is 7.34. The zero-order valence-corrected chi connectivity index (χ0v) is 13.3. The molecule has 1 unspecified atom stereocenters. The third kappa shape index (κ3) is 4.81. The second-order valence-corrected chi connectivity index (χ2v) is 5.29. The predicted octanol–water partition coefficient (Wildman–Crippen LogP) is 0.945. The first kappa shape index (κ1) is 17.6. The van der Waals surface area contributed by atoms with Crippen molar-refractivity contribution in [1.82, 2.24) is 10.2 Å². The second-order valence-electron chi connectivity index (χ2n) is 5.29. The number of primary amides is 1. The molecular weight excluding hydrogens is 266 g/mol. The van der Waals surface area contributed by atoms with Crippen LogP contribution in [0.4, 0.5) is 0 Å². The lowest BCUT2D eigenvalue weighted by Crippen LogP contribution is -2.59. The normalized spacial score (nSPS) is 14.1. The van der Waals surface area contributed by atoms with Crippen LogP contribution in [0.25, 0.3) is 0 Å². The van der Waals surface area contributed by atoms with Crippen molar-refractivity contribution < 1.29 is 9.53 Å². The van der Waals surface area contributed by atoms with Gasteiger partial charge in [0, 0.05) is 20.2 Å². The molecule has 0 fully saturated rings. The number of carbonyl (C=O) groups is 1. The monoisotopic (exact) mass is 293 g/mol. The van der Waals surface area contributed by atoms with Gasteiger partial charge in [0.1, 0.15) is 5.54 Å². The van der Waals surface area contributed by atoms with Crippen molar-refractivity contribution in [2.45, 2.75) is 18.9 Å². The molecule has 0 aliphatic heterocycles. The highest BCUT2D eigenvalue weighted by Crippen LogP contribution is 2.22. The van der Waals surface area contributed by atoms with Gasteiger partial charge in [-0.1, -0.05) is 37.3 Å². The number of nitrogens with two attached hydrogens (primary N) is 1. The summed E-state index contributed by atoms with van der Waals surface area (Å²) in [5, 5.41) is 3.35. The number of nitrogens with zero attached hydrogens (tertiary/aromatic N) is 1. The van der Waals surface area contributed by atoms with Gasteiger partial charge < -0.3 is 15.4 Å². The molecule has 0 saturated carbocycles. The van der Waals surface area contributed by atoms with Gasteiger partial charge in [0.2, 0.25) is 5.91 Å². The number of likely N-dealkylation sites (N-methyl/N-ethyl adjacent to an activating group) is 1. The number of ether oxygens (including phenoxy) is 1. The molecule has 1 amide bonds. The van der Waals surface area contributed by atoms with Gasteiger partial charge in [-0.3, -0.25) is 10.1 Å². The molecule has 5 nitrogen and oxygen atoms in total. The Balaban J connectivity index is 3.04. The zero-order chi connectivity index (χ0) is 15.7. The minimum atomic E-state index is -0.875. The Bertz CT molecular complexity index is 425. The molecule has 21 heavy (non-hydrogen) atoms. The largest absolute Gasteiger partial charge is 0.383 e. The predicted molar refractivity (Wildman–Crippen MR) is 85.0 cm³/mol. The summed E-state index contributed by atoms with van der Waals surface area (Å²) in [6.45, 7) is 4.67. The molecule has 3 N–H and O–H groups in total. The summed E-state index contributed by atoms with van der Waals surface area (Å²) < 4.78 is 5.10. The van der Waals surface area contributed by atoms with Crippen LogP contribution in [-0.2, 0) is 15.1 Å². The molecule has 0 saturated heterocycles. The molecule has 118 valence electrons. The Kier molecular flexibility index (Phi) is 7.36. The Labute approximate surface area is 127 Å². The molecule has 1 atom stereocenters. The Morgan fingerprint density at radius 3 is 2.57 bits per heavy atom. The molecule has 0 bridgehead atoms. The minimum absolute atomic E-state index is 0.355. The summed E-state index contributed by atoms with van der Waals surface area (Å²) in [6.07, 6.45) is 0.934. The fourth-order valence-electron chi connectivity index (χ4n) is 2.35. The molecular formula is C16H27N3O2. The smallest absolute Gasteiger partial charge is 0.243 e.